The van der Waals surface area contributed by atoms with Crippen molar-refractivity contribution in [1.29, 1.82) is 0 Å². The van der Waals surface area contributed by atoms with Crippen molar-refractivity contribution in [3.63, 3.8) is 0 Å². The quantitative estimate of drug-likeness (QED) is 0.644. The first-order valence-corrected chi connectivity index (χ1v) is 10.9. The largest absolute Gasteiger partial charge is 0.506 e. The summed E-state index contributed by atoms with van der Waals surface area (Å²) in [6.07, 6.45) is 1.62. The summed E-state index contributed by atoms with van der Waals surface area (Å²) < 4.78 is 21.3. The average molecular weight is 467 g/mol. The predicted molar refractivity (Wildman–Crippen MR) is 124 cm³/mol. The molecule has 0 saturated carbocycles. The van der Waals surface area contributed by atoms with E-state index in [1.807, 2.05) is 6.92 Å². The van der Waals surface area contributed by atoms with Crippen LogP contribution in [0.25, 0.3) is 6.08 Å². The van der Waals surface area contributed by atoms with Gasteiger partial charge in [-0.25, -0.2) is 9.79 Å². The number of ether oxygens (including phenoxy) is 4. The fourth-order valence-electron chi connectivity index (χ4n) is 3.21. The van der Waals surface area contributed by atoms with Crippen molar-refractivity contribution in [1.82, 2.24) is 0 Å². The van der Waals surface area contributed by atoms with E-state index in [2.05, 4.69) is 4.99 Å². The second-order valence-corrected chi connectivity index (χ2v) is 8.12. The molecule has 0 aromatic heterocycles. The van der Waals surface area contributed by atoms with Crippen molar-refractivity contribution in [2.75, 3.05) is 20.5 Å². The monoisotopic (exact) mass is 467 g/mol. The van der Waals surface area contributed by atoms with E-state index in [4.69, 9.17) is 18.9 Å². The van der Waals surface area contributed by atoms with Crippen LogP contribution in [0.4, 0.5) is 0 Å². The molecule has 170 valence electrons. The lowest BCUT2D eigenvalue weighted by Crippen LogP contribution is -2.14. The molecular formula is C24H21NO7S. The van der Waals surface area contributed by atoms with Crippen molar-refractivity contribution < 1.29 is 33.6 Å². The first-order valence-electron chi connectivity index (χ1n) is 10.1. The fraction of sp³-hybridized carbons (Fsp3) is 0.208. The van der Waals surface area contributed by atoms with Crippen LogP contribution in [0.3, 0.4) is 0 Å². The molecule has 2 aliphatic heterocycles. The number of aliphatic imine (C=N–C) groups is 1. The molecule has 2 heterocycles. The summed E-state index contributed by atoms with van der Waals surface area (Å²) in [6, 6.07) is 10.3. The lowest BCUT2D eigenvalue weighted by Gasteiger charge is -2.07. The van der Waals surface area contributed by atoms with E-state index in [1.54, 1.807) is 49.4 Å². The smallest absolute Gasteiger partial charge is 0.344 e. The predicted octanol–water partition coefficient (Wildman–Crippen LogP) is 4.43. The summed E-state index contributed by atoms with van der Waals surface area (Å²) in [7, 11) is 1.51. The van der Waals surface area contributed by atoms with Gasteiger partial charge in [-0.15, -0.1) is 0 Å². The fourth-order valence-corrected chi connectivity index (χ4v) is 4.22. The topological polar surface area (TPSA) is 104 Å². The maximum atomic E-state index is 12.7. The van der Waals surface area contributed by atoms with Gasteiger partial charge in [0.1, 0.15) is 22.1 Å². The van der Waals surface area contributed by atoms with Gasteiger partial charge in [-0.2, -0.15) is 0 Å². The zero-order valence-electron chi connectivity index (χ0n) is 18.2. The van der Waals surface area contributed by atoms with Crippen LogP contribution in [0.5, 0.6) is 17.2 Å². The van der Waals surface area contributed by atoms with Crippen LogP contribution in [-0.2, 0) is 9.53 Å². The molecule has 0 spiro atoms. The zero-order chi connectivity index (χ0) is 23.5. The molecule has 4 rings (SSSR count). The summed E-state index contributed by atoms with van der Waals surface area (Å²) in [4.78, 5) is 29.7. The molecule has 1 amide bonds. The van der Waals surface area contributed by atoms with E-state index in [0.29, 0.717) is 33.3 Å². The van der Waals surface area contributed by atoms with Gasteiger partial charge in [-0.05, 0) is 38.1 Å². The van der Waals surface area contributed by atoms with E-state index in [1.165, 1.54) is 7.11 Å². The van der Waals surface area contributed by atoms with Crippen molar-refractivity contribution in [2.45, 2.75) is 13.8 Å². The maximum absolute atomic E-state index is 12.7. The highest BCUT2D eigenvalue weighted by Gasteiger charge is 2.34. The van der Waals surface area contributed by atoms with Crippen LogP contribution < -0.4 is 14.2 Å². The zero-order valence-corrected chi connectivity index (χ0v) is 19.0. The number of amides is 1. The summed E-state index contributed by atoms with van der Waals surface area (Å²) in [6.45, 7) is 3.77. The Morgan fingerprint density at radius 2 is 1.88 bits per heavy atom. The van der Waals surface area contributed by atoms with Gasteiger partial charge in [0.05, 0.1) is 18.6 Å². The van der Waals surface area contributed by atoms with Crippen molar-refractivity contribution in [2.24, 2.45) is 4.99 Å². The van der Waals surface area contributed by atoms with E-state index in [0.717, 1.165) is 17.3 Å². The Labute approximate surface area is 194 Å². The number of nitrogens with zero attached hydrogens (tertiary/aromatic N) is 1. The number of aliphatic hydroxyl groups excluding tert-OH is 1. The molecule has 33 heavy (non-hydrogen) atoms. The molecule has 0 unspecified atom stereocenters. The lowest BCUT2D eigenvalue weighted by molar-refractivity contribution is -0.138. The van der Waals surface area contributed by atoms with Gasteiger partial charge >= 0.3 is 5.97 Å². The second-order valence-electron chi connectivity index (χ2n) is 7.09. The Kier molecular flexibility index (Phi) is 6.41. The maximum Gasteiger partial charge on any atom is 0.344 e. The van der Waals surface area contributed by atoms with Gasteiger partial charge in [-0.1, -0.05) is 29.5 Å². The number of aliphatic hydroxyl groups is 1. The molecule has 8 nitrogen and oxygen atoms in total. The number of hydrogen-bond donors (Lipinski definition) is 1. The van der Waals surface area contributed by atoms with Crippen LogP contribution in [0.1, 0.15) is 28.4 Å². The molecule has 0 radical (unpaired) electrons. The van der Waals surface area contributed by atoms with Crippen LogP contribution in [-0.4, -0.2) is 42.5 Å². The second kappa shape index (κ2) is 9.41. The first-order chi connectivity index (χ1) is 15.9. The van der Waals surface area contributed by atoms with Crippen LogP contribution in [0.2, 0.25) is 0 Å². The number of carbonyl (C=O) groups excluding carboxylic acids is 2. The van der Waals surface area contributed by atoms with Gasteiger partial charge in [0.2, 0.25) is 6.79 Å². The Morgan fingerprint density at radius 1 is 1.18 bits per heavy atom. The highest BCUT2D eigenvalue weighted by Crippen LogP contribution is 2.43. The Hall–Kier alpha value is -3.72. The molecule has 0 atom stereocenters. The standard InChI is InChI=1S/C24H21NO7S/c1-4-30-24(28)20-21(26)19(10-15-9-17-18(32-12-31-17)11-16(15)29-3)33-23(20)25-22(27)14-7-5-13(2)6-8-14/h5-11,26H,4,12H2,1-3H3. The molecule has 2 aromatic carbocycles. The molecule has 0 saturated heterocycles. The highest BCUT2D eigenvalue weighted by atomic mass is 32.2. The van der Waals surface area contributed by atoms with Gasteiger partial charge in [-0.3, -0.25) is 4.79 Å². The minimum Gasteiger partial charge on any atom is -0.506 e. The molecule has 2 aliphatic rings. The minimum absolute atomic E-state index is 0.0579. The molecule has 9 heteroatoms. The summed E-state index contributed by atoms with van der Waals surface area (Å²) >= 11 is 0.992. The Bertz CT molecular complexity index is 1210. The van der Waals surface area contributed by atoms with E-state index in [9.17, 15) is 14.7 Å². The Balaban J connectivity index is 1.74. The number of thioether (sulfide) groups is 1. The Morgan fingerprint density at radius 3 is 2.55 bits per heavy atom. The third-order valence-electron chi connectivity index (χ3n) is 4.88. The third kappa shape index (κ3) is 4.58. The molecule has 0 fully saturated rings. The molecular weight excluding hydrogens is 446 g/mol. The van der Waals surface area contributed by atoms with Crippen LogP contribution in [0, 0.1) is 6.92 Å². The number of fused-ring (bicyclic) bond motifs is 1. The minimum atomic E-state index is -0.765. The van der Waals surface area contributed by atoms with Gasteiger partial charge in [0.15, 0.2) is 11.5 Å². The first kappa shape index (κ1) is 22.5. The normalized spacial score (nSPS) is 17.1. The number of methoxy groups -OCH3 is 1. The van der Waals surface area contributed by atoms with E-state index in [-0.39, 0.29) is 29.8 Å². The average Bonchev–Trinajstić information content (AvgIpc) is 3.37. The molecule has 0 aliphatic carbocycles. The van der Waals surface area contributed by atoms with Crippen molar-refractivity contribution in [3.05, 3.63) is 69.3 Å². The number of hydrogen-bond acceptors (Lipinski definition) is 8. The van der Waals surface area contributed by atoms with Gasteiger partial charge in [0, 0.05) is 17.2 Å². The van der Waals surface area contributed by atoms with E-state index >= 15 is 0 Å². The SMILES string of the molecule is CCOC(=O)C1=C(O)C(=Cc2cc3c(cc2OC)OCO3)SC1=NC(=O)c1ccc(C)cc1. The number of rotatable bonds is 5. The molecule has 0 bridgehead atoms. The van der Waals surface area contributed by atoms with Gasteiger partial charge < -0.3 is 24.1 Å². The lowest BCUT2D eigenvalue weighted by atomic mass is 10.1. The number of carbonyl (C=O) groups is 2. The highest BCUT2D eigenvalue weighted by molar-refractivity contribution is 8.18. The van der Waals surface area contributed by atoms with Gasteiger partial charge in [0.25, 0.3) is 5.91 Å². The summed E-state index contributed by atoms with van der Waals surface area (Å²) in [5.74, 6) is -0.0604. The summed E-state index contributed by atoms with van der Waals surface area (Å²) in [5.41, 5.74) is 1.80. The van der Waals surface area contributed by atoms with Crippen LogP contribution in [0.15, 0.2) is 57.6 Å². The number of esters is 1. The molecule has 1 N–H and O–H groups in total. The van der Waals surface area contributed by atoms with Crippen molar-refractivity contribution >= 4 is 34.8 Å². The number of benzene rings is 2. The van der Waals surface area contributed by atoms with Crippen LogP contribution >= 0.6 is 11.8 Å². The molecule has 2 aromatic rings. The summed E-state index contributed by atoms with van der Waals surface area (Å²) in [5, 5.41) is 10.9. The van der Waals surface area contributed by atoms with Crippen molar-refractivity contribution in [3.8, 4) is 17.2 Å². The third-order valence-corrected chi connectivity index (χ3v) is 5.90. The van der Waals surface area contributed by atoms with E-state index < -0.39 is 11.9 Å². The number of aryl methyl sites for hydroxylation is 1.